The van der Waals surface area contributed by atoms with Gasteiger partial charge in [-0.1, -0.05) is 42.5 Å². The molecule has 0 aromatic heterocycles. The number of rotatable bonds is 12. The third kappa shape index (κ3) is 6.32. The molecule has 0 saturated carbocycles. The van der Waals surface area contributed by atoms with E-state index in [1.54, 1.807) is 40.6 Å². The van der Waals surface area contributed by atoms with Crippen LogP contribution in [0.2, 0.25) is 0 Å². The maximum Gasteiger partial charge on any atom is 0.357 e. The van der Waals surface area contributed by atoms with Crippen molar-refractivity contribution in [3.05, 3.63) is 77.1 Å². The third-order valence-corrected chi connectivity index (χ3v) is 7.24. The molecule has 8 heteroatoms. The summed E-state index contributed by atoms with van der Waals surface area (Å²) in [4.78, 5) is 0. The average Bonchev–Trinajstić information content (AvgIpc) is 2.89. The second-order valence-electron chi connectivity index (χ2n) is 7.05. The van der Waals surface area contributed by atoms with Crippen LogP contribution >= 0.6 is 7.60 Å². The van der Waals surface area contributed by atoms with E-state index in [0.717, 1.165) is 16.9 Å². The molecule has 0 spiro atoms. The van der Waals surface area contributed by atoms with Crippen LogP contribution in [0.3, 0.4) is 0 Å². The Morgan fingerprint density at radius 2 is 1.44 bits per heavy atom. The molecule has 7 nitrogen and oxygen atoms in total. The minimum absolute atomic E-state index is 0.453. The first-order valence-electron chi connectivity index (χ1n) is 10.6. The van der Waals surface area contributed by atoms with Crippen molar-refractivity contribution in [2.24, 2.45) is 0 Å². The minimum atomic E-state index is -3.62. The highest BCUT2D eigenvalue weighted by atomic mass is 31.2. The fourth-order valence-electron chi connectivity index (χ4n) is 3.43. The fraction of sp³-hybridized carbons (Fsp3) is 0.308. The van der Waals surface area contributed by atoms with Gasteiger partial charge >= 0.3 is 7.60 Å². The number of methoxy groups -OCH3 is 4. The summed E-state index contributed by atoms with van der Waals surface area (Å²) >= 11 is 0. The van der Waals surface area contributed by atoms with Crippen LogP contribution in [0, 0.1) is 0 Å². The van der Waals surface area contributed by atoms with Crippen molar-refractivity contribution in [2.45, 2.75) is 12.8 Å². The molecule has 0 aliphatic heterocycles. The standard InChI is InChI=1S/C26H33O7P/c1-8-9-10-25(34(27,32-6)33-7)22(16-13-19-11-14-21(28-2)15-12-19)20-17-23(29-3)26(31-5)24(18-20)30-4/h8-18,22H,1-7H3/b9-8+,16-13+,25-10-. The van der Waals surface area contributed by atoms with Crippen LogP contribution in [-0.4, -0.2) is 42.7 Å². The topological polar surface area (TPSA) is 72.5 Å². The Morgan fingerprint density at radius 3 is 1.88 bits per heavy atom. The molecule has 2 aromatic rings. The van der Waals surface area contributed by atoms with Crippen molar-refractivity contribution in [1.29, 1.82) is 0 Å². The summed E-state index contributed by atoms with van der Waals surface area (Å²) in [5.74, 6) is 1.68. The van der Waals surface area contributed by atoms with Gasteiger partial charge in [-0.05, 0) is 42.3 Å². The highest BCUT2D eigenvalue weighted by molar-refractivity contribution is 7.58. The van der Waals surface area contributed by atoms with Gasteiger partial charge in [0.2, 0.25) is 5.75 Å². The normalized spacial score (nSPS) is 13.3. The predicted molar refractivity (Wildman–Crippen MR) is 135 cm³/mol. The third-order valence-electron chi connectivity index (χ3n) is 5.22. The molecule has 2 aromatic carbocycles. The summed E-state index contributed by atoms with van der Waals surface area (Å²) in [7, 11) is 5.39. The van der Waals surface area contributed by atoms with Crippen LogP contribution in [0.15, 0.2) is 66.0 Å². The Labute approximate surface area is 202 Å². The number of ether oxygens (including phenoxy) is 4. The quantitative estimate of drug-likeness (QED) is 0.251. The van der Waals surface area contributed by atoms with Crippen LogP contribution in [-0.2, 0) is 13.6 Å². The molecule has 0 aliphatic rings. The zero-order valence-corrected chi connectivity index (χ0v) is 21.6. The molecule has 1 atom stereocenters. The van der Waals surface area contributed by atoms with Gasteiger partial charge in [0, 0.05) is 20.1 Å². The SMILES string of the molecule is C/C=C/C=C(/C(/C=C/c1ccc(OC)cc1)c1cc(OC)c(OC)c(OC)c1)P(=O)(OC)OC. The summed E-state index contributed by atoms with van der Waals surface area (Å²) < 4.78 is 46.2. The van der Waals surface area contributed by atoms with Crippen LogP contribution in [0.5, 0.6) is 23.0 Å². The maximum atomic E-state index is 13.6. The van der Waals surface area contributed by atoms with E-state index >= 15 is 0 Å². The fourth-order valence-corrected chi connectivity index (χ4v) is 4.84. The molecule has 184 valence electrons. The molecule has 0 saturated heterocycles. The van der Waals surface area contributed by atoms with Crippen molar-refractivity contribution in [3.63, 3.8) is 0 Å². The summed E-state index contributed by atoms with van der Waals surface area (Å²) in [6.45, 7) is 1.88. The van der Waals surface area contributed by atoms with E-state index in [9.17, 15) is 4.57 Å². The number of hydrogen-bond acceptors (Lipinski definition) is 7. The number of hydrogen-bond donors (Lipinski definition) is 0. The van der Waals surface area contributed by atoms with Crippen LogP contribution in [0.1, 0.15) is 24.0 Å². The molecule has 2 rings (SSSR count). The molecular formula is C26H33O7P. The molecule has 0 fully saturated rings. The molecular weight excluding hydrogens is 455 g/mol. The molecule has 0 aliphatic carbocycles. The van der Waals surface area contributed by atoms with E-state index in [-0.39, 0.29) is 0 Å². The minimum Gasteiger partial charge on any atom is -0.497 e. The van der Waals surface area contributed by atoms with Crippen molar-refractivity contribution < 1.29 is 32.6 Å². The van der Waals surface area contributed by atoms with Crippen LogP contribution in [0.4, 0.5) is 0 Å². The van der Waals surface area contributed by atoms with Gasteiger partial charge in [-0.25, -0.2) is 0 Å². The largest absolute Gasteiger partial charge is 0.497 e. The first-order valence-corrected chi connectivity index (χ1v) is 12.1. The van der Waals surface area contributed by atoms with Gasteiger partial charge in [0.15, 0.2) is 11.5 Å². The molecule has 1 unspecified atom stereocenters. The molecule has 0 N–H and O–H groups in total. The molecule has 0 heterocycles. The van der Waals surface area contributed by atoms with Crippen LogP contribution in [0.25, 0.3) is 6.08 Å². The monoisotopic (exact) mass is 488 g/mol. The van der Waals surface area contributed by atoms with Crippen molar-refractivity contribution >= 4 is 13.7 Å². The maximum absolute atomic E-state index is 13.6. The molecule has 34 heavy (non-hydrogen) atoms. The van der Waals surface area contributed by atoms with Crippen molar-refractivity contribution in [3.8, 4) is 23.0 Å². The van der Waals surface area contributed by atoms with Crippen molar-refractivity contribution in [2.75, 3.05) is 42.7 Å². The van der Waals surface area contributed by atoms with Gasteiger partial charge in [0.25, 0.3) is 0 Å². The lowest BCUT2D eigenvalue weighted by molar-refractivity contribution is 0.281. The van der Waals surface area contributed by atoms with E-state index in [4.69, 9.17) is 28.0 Å². The van der Waals surface area contributed by atoms with E-state index in [1.165, 1.54) is 14.2 Å². The van der Waals surface area contributed by atoms with E-state index in [1.807, 2.05) is 61.5 Å². The first kappa shape index (κ1) is 27.3. The smallest absolute Gasteiger partial charge is 0.357 e. The summed E-state index contributed by atoms with van der Waals surface area (Å²) in [5, 5.41) is 0.453. The van der Waals surface area contributed by atoms with E-state index < -0.39 is 13.5 Å². The molecule has 0 radical (unpaired) electrons. The van der Waals surface area contributed by atoms with Gasteiger partial charge in [-0.15, -0.1) is 0 Å². The highest BCUT2D eigenvalue weighted by Crippen LogP contribution is 2.60. The average molecular weight is 489 g/mol. The van der Waals surface area contributed by atoms with Gasteiger partial charge in [-0.2, -0.15) is 0 Å². The lowest BCUT2D eigenvalue weighted by Crippen LogP contribution is -2.06. The summed E-state index contributed by atoms with van der Waals surface area (Å²) in [6, 6.07) is 11.3. The van der Waals surface area contributed by atoms with Gasteiger partial charge in [0.1, 0.15) is 5.75 Å². The van der Waals surface area contributed by atoms with Gasteiger partial charge in [0.05, 0.1) is 33.8 Å². The number of benzene rings is 2. The Hall–Kier alpha value is -2.99. The number of allylic oxidation sites excluding steroid dienone is 5. The second-order valence-corrected chi connectivity index (χ2v) is 9.29. The molecule has 0 amide bonds. The van der Waals surface area contributed by atoms with E-state index in [2.05, 4.69) is 0 Å². The van der Waals surface area contributed by atoms with Crippen LogP contribution < -0.4 is 18.9 Å². The lowest BCUT2D eigenvalue weighted by atomic mass is 9.95. The Bertz CT molecular complexity index is 1040. The van der Waals surface area contributed by atoms with Crippen molar-refractivity contribution in [1.82, 2.24) is 0 Å². The first-order chi connectivity index (χ1) is 16.4. The summed E-state index contributed by atoms with van der Waals surface area (Å²) in [5.41, 5.74) is 1.69. The Balaban J connectivity index is 2.76. The predicted octanol–water partition coefficient (Wildman–Crippen LogP) is 6.46. The summed E-state index contributed by atoms with van der Waals surface area (Å²) in [6.07, 6.45) is 9.26. The lowest BCUT2D eigenvalue weighted by Gasteiger charge is -2.25. The van der Waals surface area contributed by atoms with Gasteiger partial charge in [-0.3, -0.25) is 4.57 Å². The van der Waals surface area contributed by atoms with E-state index in [0.29, 0.717) is 22.6 Å². The zero-order chi connectivity index (χ0) is 25.1. The zero-order valence-electron chi connectivity index (χ0n) is 20.7. The molecule has 0 bridgehead atoms. The van der Waals surface area contributed by atoms with Gasteiger partial charge < -0.3 is 28.0 Å². The second kappa shape index (κ2) is 13.0. The highest BCUT2D eigenvalue weighted by Gasteiger charge is 2.34. The Kier molecular flexibility index (Phi) is 10.5. The Morgan fingerprint density at radius 1 is 0.853 bits per heavy atom.